The van der Waals surface area contributed by atoms with Crippen molar-refractivity contribution in [3.8, 4) is 0 Å². The molecule has 10 nitrogen and oxygen atoms in total. The first-order chi connectivity index (χ1) is 9.93. The van der Waals surface area contributed by atoms with Crippen molar-refractivity contribution >= 4 is 22.2 Å². The molecular formula is C10H12N6O4S. The fourth-order valence-electron chi connectivity index (χ4n) is 1.77. The maximum atomic E-state index is 12.2. The SMILES string of the molecule is CCCn1cc([N+](=O)[O-])c(=O)n(Cc2nnc(N)s2)c1=O. The van der Waals surface area contributed by atoms with Crippen LogP contribution in [-0.2, 0) is 13.1 Å². The summed E-state index contributed by atoms with van der Waals surface area (Å²) in [4.78, 5) is 34.3. The van der Waals surface area contributed by atoms with Crippen LogP contribution in [0.25, 0.3) is 0 Å². The molecule has 112 valence electrons. The van der Waals surface area contributed by atoms with Crippen LogP contribution in [-0.4, -0.2) is 24.3 Å². The highest BCUT2D eigenvalue weighted by Crippen LogP contribution is 2.11. The van der Waals surface area contributed by atoms with E-state index in [4.69, 9.17) is 5.73 Å². The first kappa shape index (κ1) is 14.8. The first-order valence-corrected chi connectivity index (χ1v) is 6.82. The van der Waals surface area contributed by atoms with Crippen molar-refractivity contribution in [2.75, 3.05) is 5.73 Å². The van der Waals surface area contributed by atoms with Gasteiger partial charge in [0.2, 0.25) is 5.13 Å². The van der Waals surface area contributed by atoms with Crippen LogP contribution >= 0.6 is 11.3 Å². The van der Waals surface area contributed by atoms with Gasteiger partial charge in [-0.3, -0.25) is 19.5 Å². The number of hydrogen-bond acceptors (Lipinski definition) is 8. The molecule has 0 saturated heterocycles. The highest BCUT2D eigenvalue weighted by atomic mass is 32.1. The molecule has 0 amide bonds. The Hall–Kier alpha value is -2.56. The molecule has 0 bridgehead atoms. The van der Waals surface area contributed by atoms with Crippen molar-refractivity contribution in [2.45, 2.75) is 26.4 Å². The molecule has 2 heterocycles. The molecule has 0 radical (unpaired) electrons. The summed E-state index contributed by atoms with van der Waals surface area (Å²) >= 11 is 1.01. The highest BCUT2D eigenvalue weighted by molar-refractivity contribution is 7.15. The second-order valence-electron chi connectivity index (χ2n) is 4.17. The van der Waals surface area contributed by atoms with Gasteiger partial charge >= 0.3 is 16.9 Å². The summed E-state index contributed by atoms with van der Waals surface area (Å²) in [6.45, 7) is 1.90. The highest BCUT2D eigenvalue weighted by Gasteiger charge is 2.20. The van der Waals surface area contributed by atoms with Gasteiger partial charge in [-0.1, -0.05) is 18.3 Å². The number of aryl methyl sites for hydroxylation is 1. The smallest absolute Gasteiger partial charge is 0.350 e. The monoisotopic (exact) mass is 312 g/mol. The summed E-state index contributed by atoms with van der Waals surface area (Å²) < 4.78 is 1.91. The molecule has 2 aromatic heterocycles. The lowest BCUT2D eigenvalue weighted by molar-refractivity contribution is -0.387. The summed E-state index contributed by atoms with van der Waals surface area (Å²) in [6.07, 6.45) is 1.57. The summed E-state index contributed by atoms with van der Waals surface area (Å²) in [7, 11) is 0. The standard InChI is InChI=1S/C10H12N6O4S/c1-2-3-14-4-6(16(19)20)8(17)15(10(14)18)5-7-12-13-9(11)21-7/h4H,2-3,5H2,1H3,(H2,11,13). The minimum Gasteiger partial charge on any atom is -0.374 e. The minimum atomic E-state index is -0.967. The number of nitrogens with zero attached hydrogens (tertiary/aromatic N) is 5. The third-order valence-electron chi connectivity index (χ3n) is 2.66. The van der Waals surface area contributed by atoms with E-state index in [-0.39, 0.29) is 18.2 Å². The van der Waals surface area contributed by atoms with E-state index in [2.05, 4.69) is 10.2 Å². The molecular weight excluding hydrogens is 300 g/mol. The van der Waals surface area contributed by atoms with Crippen LogP contribution in [0.5, 0.6) is 0 Å². The Balaban J connectivity index is 2.59. The fraction of sp³-hybridized carbons (Fsp3) is 0.400. The predicted molar refractivity (Wildman–Crippen MR) is 75.3 cm³/mol. The molecule has 0 aliphatic carbocycles. The van der Waals surface area contributed by atoms with Crippen molar-refractivity contribution in [3.05, 3.63) is 42.2 Å². The van der Waals surface area contributed by atoms with Crippen molar-refractivity contribution in [1.82, 2.24) is 19.3 Å². The molecule has 2 N–H and O–H groups in total. The molecule has 0 fully saturated rings. The van der Waals surface area contributed by atoms with E-state index < -0.39 is 21.9 Å². The Kier molecular flexibility index (Phi) is 4.12. The summed E-state index contributed by atoms with van der Waals surface area (Å²) in [5.41, 5.74) is 3.19. The number of nitrogen functional groups attached to an aromatic ring is 1. The number of nitrogens with two attached hydrogens (primary N) is 1. The first-order valence-electron chi connectivity index (χ1n) is 6.00. The van der Waals surface area contributed by atoms with E-state index in [0.717, 1.165) is 26.7 Å². The van der Waals surface area contributed by atoms with Crippen LogP contribution in [0.1, 0.15) is 18.4 Å². The maximum absolute atomic E-state index is 12.2. The van der Waals surface area contributed by atoms with Gasteiger partial charge in [0, 0.05) is 6.54 Å². The second-order valence-corrected chi connectivity index (χ2v) is 5.27. The summed E-state index contributed by atoms with van der Waals surface area (Å²) in [5.74, 6) is 0. The van der Waals surface area contributed by atoms with E-state index in [0.29, 0.717) is 11.4 Å². The lowest BCUT2D eigenvalue weighted by Gasteiger charge is -2.07. The Labute approximate surface area is 121 Å². The Morgan fingerprint density at radius 3 is 2.67 bits per heavy atom. The van der Waals surface area contributed by atoms with Gasteiger partial charge in [0.25, 0.3) is 0 Å². The third-order valence-corrected chi connectivity index (χ3v) is 3.39. The predicted octanol–water partition coefficient (Wildman–Crippen LogP) is -0.190. The average Bonchev–Trinajstić information content (AvgIpc) is 2.83. The number of nitro groups is 1. The van der Waals surface area contributed by atoms with E-state index in [1.807, 2.05) is 6.92 Å². The Bertz CT molecular complexity index is 792. The quantitative estimate of drug-likeness (QED) is 0.596. The normalized spacial score (nSPS) is 10.7. The van der Waals surface area contributed by atoms with Gasteiger partial charge in [-0.05, 0) is 6.42 Å². The van der Waals surface area contributed by atoms with Crippen LogP contribution in [0.4, 0.5) is 10.8 Å². The Morgan fingerprint density at radius 1 is 1.43 bits per heavy atom. The number of anilines is 1. The molecule has 21 heavy (non-hydrogen) atoms. The van der Waals surface area contributed by atoms with Crippen molar-refractivity contribution in [1.29, 1.82) is 0 Å². The molecule has 0 spiro atoms. The largest absolute Gasteiger partial charge is 0.374 e. The van der Waals surface area contributed by atoms with Crippen LogP contribution in [0, 0.1) is 10.1 Å². The zero-order valence-corrected chi connectivity index (χ0v) is 11.9. The molecule has 0 saturated carbocycles. The number of rotatable bonds is 5. The van der Waals surface area contributed by atoms with Gasteiger partial charge < -0.3 is 5.73 Å². The molecule has 11 heteroatoms. The van der Waals surface area contributed by atoms with E-state index in [1.165, 1.54) is 0 Å². The molecule has 0 atom stereocenters. The van der Waals surface area contributed by atoms with Crippen molar-refractivity contribution < 1.29 is 4.92 Å². The minimum absolute atomic E-state index is 0.192. The van der Waals surface area contributed by atoms with Gasteiger partial charge in [-0.25, -0.2) is 9.36 Å². The van der Waals surface area contributed by atoms with Crippen LogP contribution in [0.15, 0.2) is 15.8 Å². The van der Waals surface area contributed by atoms with Gasteiger partial charge in [-0.2, -0.15) is 0 Å². The maximum Gasteiger partial charge on any atom is 0.350 e. The zero-order valence-electron chi connectivity index (χ0n) is 11.1. The molecule has 0 aromatic carbocycles. The lowest BCUT2D eigenvalue weighted by Crippen LogP contribution is -2.40. The number of hydrogen-bond donors (Lipinski definition) is 1. The van der Waals surface area contributed by atoms with Gasteiger partial charge in [0.05, 0.1) is 17.7 Å². The molecule has 0 aliphatic rings. The second kappa shape index (κ2) is 5.83. The summed E-state index contributed by atoms with van der Waals surface area (Å²) in [5, 5.41) is 18.7. The average molecular weight is 312 g/mol. The fourth-order valence-corrected chi connectivity index (χ4v) is 2.37. The van der Waals surface area contributed by atoms with Crippen LogP contribution < -0.4 is 17.0 Å². The van der Waals surface area contributed by atoms with E-state index in [1.54, 1.807) is 0 Å². The van der Waals surface area contributed by atoms with Gasteiger partial charge in [0.1, 0.15) is 5.01 Å². The van der Waals surface area contributed by atoms with Crippen molar-refractivity contribution in [3.63, 3.8) is 0 Å². The van der Waals surface area contributed by atoms with Crippen LogP contribution in [0.2, 0.25) is 0 Å². The molecule has 0 unspecified atom stereocenters. The van der Waals surface area contributed by atoms with E-state index >= 15 is 0 Å². The number of aromatic nitrogens is 4. The van der Waals surface area contributed by atoms with Gasteiger partial charge in [-0.15, -0.1) is 10.2 Å². The lowest BCUT2D eigenvalue weighted by atomic mass is 10.4. The third kappa shape index (κ3) is 2.97. The Morgan fingerprint density at radius 2 is 2.14 bits per heavy atom. The van der Waals surface area contributed by atoms with Crippen LogP contribution in [0.3, 0.4) is 0 Å². The topological polar surface area (TPSA) is 139 Å². The zero-order chi connectivity index (χ0) is 15.6. The molecule has 2 rings (SSSR count). The van der Waals surface area contributed by atoms with Crippen molar-refractivity contribution in [2.24, 2.45) is 0 Å². The van der Waals surface area contributed by atoms with Gasteiger partial charge in [0.15, 0.2) is 0 Å². The molecule has 2 aromatic rings. The molecule has 0 aliphatic heterocycles. The van der Waals surface area contributed by atoms with E-state index in [9.17, 15) is 19.7 Å². The summed E-state index contributed by atoms with van der Waals surface area (Å²) in [6, 6.07) is 0.